The number of carboxylic acid groups (broad SMARTS) is 1. The minimum absolute atomic E-state index is 0.338. The van der Waals surface area contributed by atoms with Crippen molar-refractivity contribution in [2.24, 2.45) is 5.92 Å². The summed E-state index contributed by atoms with van der Waals surface area (Å²) in [6.45, 7) is 0.976. The Labute approximate surface area is 174 Å². The smallest absolute Gasteiger partial charge is 0.417 e. The Kier molecular flexibility index (Phi) is 6.37. The minimum Gasteiger partial charge on any atom is -0.481 e. The molecule has 0 saturated carbocycles. The molecule has 1 unspecified atom stereocenters. The predicted octanol–water partition coefficient (Wildman–Crippen LogP) is 6.01. The molecule has 1 aliphatic heterocycles. The fraction of sp³-hybridized carbons (Fsp3) is 0.350. The van der Waals surface area contributed by atoms with E-state index in [-0.39, 0.29) is 5.02 Å². The second kappa shape index (κ2) is 8.43. The molecular formula is C20H18BrClF3NO2. The zero-order valence-corrected chi connectivity index (χ0v) is 17.1. The molecule has 0 aliphatic carbocycles. The van der Waals surface area contributed by atoms with Crippen molar-refractivity contribution in [2.45, 2.75) is 25.1 Å². The molecule has 1 heterocycles. The van der Waals surface area contributed by atoms with Crippen molar-refractivity contribution in [2.75, 3.05) is 13.1 Å². The number of halogens is 5. The molecule has 1 aliphatic rings. The van der Waals surface area contributed by atoms with E-state index < -0.39 is 29.7 Å². The molecule has 28 heavy (non-hydrogen) atoms. The monoisotopic (exact) mass is 475 g/mol. The standard InChI is InChI=1S/C20H18BrClF3NO2/c21-15-4-1-12(2-5-15)18(26-9-7-13(8-10-26)19(27)28)14-3-6-17(22)16(11-14)20(23,24)25/h1-6,11,13,18H,7-10H2,(H,27,28). The molecule has 1 N–H and O–H groups in total. The fourth-order valence-corrected chi connectivity index (χ4v) is 4.08. The van der Waals surface area contributed by atoms with E-state index in [0.717, 1.165) is 16.1 Å². The molecule has 0 radical (unpaired) electrons. The highest BCUT2D eigenvalue weighted by molar-refractivity contribution is 9.10. The molecule has 3 rings (SSSR count). The Balaban J connectivity index is 2.00. The van der Waals surface area contributed by atoms with Crippen LogP contribution in [0.2, 0.25) is 5.02 Å². The van der Waals surface area contributed by atoms with Gasteiger partial charge in [-0.05, 0) is 61.3 Å². The number of hydrogen-bond acceptors (Lipinski definition) is 2. The number of carboxylic acids is 1. The number of nitrogens with zero attached hydrogens (tertiary/aromatic N) is 1. The van der Waals surface area contributed by atoms with Gasteiger partial charge in [-0.3, -0.25) is 9.69 Å². The summed E-state index contributed by atoms with van der Waals surface area (Å²) in [5.41, 5.74) is 0.453. The first kappa shape index (κ1) is 21.1. The molecule has 0 spiro atoms. The molecule has 1 atom stereocenters. The Hall–Kier alpha value is -1.57. The normalized spacial score (nSPS) is 17.5. The van der Waals surface area contributed by atoms with Crippen molar-refractivity contribution >= 4 is 33.5 Å². The van der Waals surface area contributed by atoms with Crippen molar-refractivity contribution in [1.82, 2.24) is 4.90 Å². The lowest BCUT2D eigenvalue weighted by Crippen LogP contribution is -2.39. The summed E-state index contributed by atoms with van der Waals surface area (Å²) >= 11 is 9.16. The topological polar surface area (TPSA) is 40.5 Å². The van der Waals surface area contributed by atoms with Crippen LogP contribution in [0.1, 0.15) is 35.6 Å². The molecular weight excluding hydrogens is 459 g/mol. The number of likely N-dealkylation sites (tertiary alicyclic amines) is 1. The first-order chi connectivity index (χ1) is 13.2. The van der Waals surface area contributed by atoms with Crippen molar-refractivity contribution in [1.29, 1.82) is 0 Å². The van der Waals surface area contributed by atoms with Crippen LogP contribution < -0.4 is 0 Å². The number of carbonyl (C=O) groups is 1. The summed E-state index contributed by atoms with van der Waals surface area (Å²) in [5.74, 6) is -1.25. The van der Waals surface area contributed by atoms with Gasteiger partial charge in [-0.25, -0.2) is 0 Å². The molecule has 0 aromatic heterocycles. The summed E-state index contributed by atoms with van der Waals surface area (Å²) in [6.07, 6.45) is -3.63. The van der Waals surface area contributed by atoms with Crippen LogP contribution >= 0.6 is 27.5 Å². The Morgan fingerprint density at radius 3 is 2.21 bits per heavy atom. The average molecular weight is 477 g/mol. The van der Waals surface area contributed by atoms with Gasteiger partial charge in [0.25, 0.3) is 0 Å². The largest absolute Gasteiger partial charge is 0.481 e. The SMILES string of the molecule is O=C(O)C1CCN(C(c2ccc(Br)cc2)c2ccc(Cl)c(C(F)(F)F)c2)CC1. The van der Waals surface area contributed by atoms with Crippen LogP contribution in [-0.4, -0.2) is 29.1 Å². The van der Waals surface area contributed by atoms with Gasteiger partial charge < -0.3 is 5.11 Å². The van der Waals surface area contributed by atoms with Gasteiger partial charge in [-0.15, -0.1) is 0 Å². The third-order valence-electron chi connectivity index (χ3n) is 5.04. The summed E-state index contributed by atoms with van der Waals surface area (Å²) in [5, 5.41) is 8.88. The number of hydrogen-bond donors (Lipinski definition) is 1. The maximum absolute atomic E-state index is 13.4. The lowest BCUT2D eigenvalue weighted by molar-refractivity contribution is -0.143. The lowest BCUT2D eigenvalue weighted by atomic mass is 9.90. The van der Waals surface area contributed by atoms with Crippen molar-refractivity contribution in [3.8, 4) is 0 Å². The van der Waals surface area contributed by atoms with Crippen molar-refractivity contribution in [3.05, 3.63) is 68.7 Å². The third kappa shape index (κ3) is 4.70. The minimum atomic E-state index is -4.55. The Morgan fingerprint density at radius 1 is 1.11 bits per heavy atom. The van der Waals surface area contributed by atoms with Crippen molar-refractivity contribution in [3.63, 3.8) is 0 Å². The van der Waals surface area contributed by atoms with Crippen LogP contribution in [0, 0.1) is 5.92 Å². The maximum atomic E-state index is 13.4. The molecule has 0 bridgehead atoms. The summed E-state index contributed by atoms with van der Waals surface area (Å²) in [7, 11) is 0. The van der Waals surface area contributed by atoms with Gasteiger partial charge in [0.1, 0.15) is 0 Å². The highest BCUT2D eigenvalue weighted by Crippen LogP contribution is 2.39. The molecule has 1 saturated heterocycles. The molecule has 0 amide bonds. The first-order valence-electron chi connectivity index (χ1n) is 8.76. The Bertz CT molecular complexity index is 850. The highest BCUT2D eigenvalue weighted by atomic mass is 79.9. The second-order valence-corrected chi connectivity index (χ2v) is 8.16. The molecule has 2 aromatic rings. The van der Waals surface area contributed by atoms with E-state index in [1.54, 1.807) is 6.07 Å². The molecule has 150 valence electrons. The van der Waals surface area contributed by atoms with Gasteiger partial charge >= 0.3 is 12.1 Å². The summed E-state index contributed by atoms with van der Waals surface area (Å²) in [4.78, 5) is 13.3. The van der Waals surface area contributed by atoms with E-state index in [2.05, 4.69) is 15.9 Å². The van der Waals surface area contributed by atoms with Gasteiger partial charge in [-0.2, -0.15) is 13.2 Å². The Morgan fingerprint density at radius 2 is 1.68 bits per heavy atom. The maximum Gasteiger partial charge on any atom is 0.417 e. The third-order valence-corrected chi connectivity index (χ3v) is 5.90. The highest BCUT2D eigenvalue weighted by Gasteiger charge is 2.35. The lowest BCUT2D eigenvalue weighted by Gasteiger charge is -2.37. The number of benzene rings is 2. The zero-order valence-electron chi connectivity index (χ0n) is 14.7. The average Bonchev–Trinajstić information content (AvgIpc) is 2.64. The van der Waals surface area contributed by atoms with Crippen molar-refractivity contribution < 1.29 is 23.1 Å². The summed E-state index contributed by atoms with van der Waals surface area (Å²) in [6, 6.07) is 11.0. The van der Waals surface area contributed by atoms with Crippen LogP contribution in [0.25, 0.3) is 0 Å². The van der Waals surface area contributed by atoms with Crippen LogP contribution in [0.4, 0.5) is 13.2 Å². The number of aliphatic carboxylic acids is 1. The molecule has 3 nitrogen and oxygen atoms in total. The van der Waals surface area contributed by atoms with Gasteiger partial charge in [-0.1, -0.05) is 45.7 Å². The van der Waals surface area contributed by atoms with E-state index in [9.17, 15) is 23.1 Å². The fourth-order valence-electron chi connectivity index (χ4n) is 3.59. The quantitative estimate of drug-likeness (QED) is 0.588. The predicted molar refractivity (Wildman–Crippen MR) is 104 cm³/mol. The van der Waals surface area contributed by atoms with Crippen LogP contribution in [-0.2, 0) is 11.0 Å². The first-order valence-corrected chi connectivity index (χ1v) is 9.93. The van der Waals surface area contributed by atoms with Crippen LogP contribution in [0.15, 0.2) is 46.9 Å². The number of alkyl halides is 3. The van der Waals surface area contributed by atoms with Gasteiger partial charge in [0.05, 0.1) is 22.5 Å². The van der Waals surface area contributed by atoms with Crippen LogP contribution in [0.3, 0.4) is 0 Å². The molecule has 1 fully saturated rings. The van der Waals surface area contributed by atoms with Gasteiger partial charge in [0.15, 0.2) is 0 Å². The van der Waals surface area contributed by atoms with E-state index in [1.165, 1.54) is 6.07 Å². The van der Waals surface area contributed by atoms with Gasteiger partial charge in [0.2, 0.25) is 0 Å². The number of piperidine rings is 1. The zero-order chi connectivity index (χ0) is 20.5. The summed E-state index contributed by atoms with van der Waals surface area (Å²) < 4.78 is 40.9. The van der Waals surface area contributed by atoms with E-state index in [0.29, 0.717) is 31.5 Å². The van der Waals surface area contributed by atoms with E-state index >= 15 is 0 Å². The van der Waals surface area contributed by atoms with Gasteiger partial charge in [0, 0.05) is 4.47 Å². The number of rotatable bonds is 4. The molecule has 2 aromatic carbocycles. The van der Waals surface area contributed by atoms with E-state index in [4.69, 9.17) is 11.6 Å². The second-order valence-electron chi connectivity index (χ2n) is 6.84. The van der Waals surface area contributed by atoms with Crippen LogP contribution in [0.5, 0.6) is 0 Å². The molecule has 8 heteroatoms. The van der Waals surface area contributed by atoms with E-state index in [1.807, 2.05) is 29.2 Å².